The summed E-state index contributed by atoms with van der Waals surface area (Å²) in [5, 5.41) is 3.36. The highest BCUT2D eigenvalue weighted by molar-refractivity contribution is 5.86. The van der Waals surface area contributed by atoms with Crippen LogP contribution in [0.15, 0.2) is 0 Å². The summed E-state index contributed by atoms with van der Waals surface area (Å²) in [7, 11) is 0. The molecule has 0 spiro atoms. The first-order valence-electron chi connectivity index (χ1n) is 6.41. The monoisotopic (exact) mass is 211 g/mol. The van der Waals surface area contributed by atoms with Crippen LogP contribution in [0.2, 0.25) is 0 Å². The molecule has 0 aromatic heterocycles. The number of hydrogen-bond donors (Lipinski definition) is 1. The molecule has 0 aliphatic carbocycles. The molecule has 1 rings (SSSR count). The molecule has 15 heavy (non-hydrogen) atoms. The molecule has 1 saturated heterocycles. The van der Waals surface area contributed by atoms with Crippen LogP contribution in [0.5, 0.6) is 0 Å². The van der Waals surface area contributed by atoms with Crippen molar-refractivity contribution in [2.24, 2.45) is 11.3 Å². The average Bonchev–Trinajstić information content (AvgIpc) is 2.28. The summed E-state index contributed by atoms with van der Waals surface area (Å²) in [6.45, 7) is 8.42. The van der Waals surface area contributed by atoms with Crippen molar-refractivity contribution in [1.82, 2.24) is 5.32 Å². The van der Waals surface area contributed by atoms with Gasteiger partial charge in [-0.05, 0) is 38.8 Å². The van der Waals surface area contributed by atoms with Gasteiger partial charge in [-0.15, -0.1) is 0 Å². The first kappa shape index (κ1) is 12.7. The van der Waals surface area contributed by atoms with E-state index in [1.54, 1.807) is 0 Å². The molecule has 0 radical (unpaired) electrons. The molecule has 88 valence electrons. The number of ketones is 1. The third-order valence-electron chi connectivity index (χ3n) is 3.87. The lowest BCUT2D eigenvalue weighted by Gasteiger charge is -2.38. The third kappa shape index (κ3) is 2.81. The first-order valence-corrected chi connectivity index (χ1v) is 6.41. The molecule has 0 saturated carbocycles. The molecular formula is C13H25NO. The minimum absolute atomic E-state index is 0.00935. The van der Waals surface area contributed by atoms with Crippen molar-refractivity contribution in [1.29, 1.82) is 0 Å². The molecule has 0 amide bonds. The predicted molar refractivity (Wildman–Crippen MR) is 63.9 cm³/mol. The van der Waals surface area contributed by atoms with Gasteiger partial charge in [0.25, 0.3) is 0 Å². The van der Waals surface area contributed by atoms with Crippen LogP contribution in [0, 0.1) is 11.3 Å². The molecule has 1 aliphatic heterocycles. The Bertz CT molecular complexity index is 201. The van der Waals surface area contributed by atoms with E-state index in [2.05, 4.69) is 26.1 Å². The Balaban J connectivity index is 2.74. The summed E-state index contributed by atoms with van der Waals surface area (Å²) in [4.78, 5) is 12.4. The SMILES string of the molecule is CCCC1(C(=O)C(C)CC)CCNCC1. The van der Waals surface area contributed by atoms with E-state index in [-0.39, 0.29) is 11.3 Å². The van der Waals surface area contributed by atoms with Gasteiger partial charge in [-0.2, -0.15) is 0 Å². The quantitative estimate of drug-likeness (QED) is 0.757. The molecular weight excluding hydrogens is 186 g/mol. The van der Waals surface area contributed by atoms with Gasteiger partial charge < -0.3 is 5.32 Å². The number of carbonyl (C=O) groups is 1. The highest BCUT2D eigenvalue weighted by Gasteiger charge is 2.39. The van der Waals surface area contributed by atoms with Gasteiger partial charge in [0.15, 0.2) is 0 Å². The molecule has 0 aromatic rings. The van der Waals surface area contributed by atoms with Crippen molar-refractivity contribution in [2.75, 3.05) is 13.1 Å². The van der Waals surface area contributed by atoms with Crippen LogP contribution in [0.1, 0.15) is 52.9 Å². The van der Waals surface area contributed by atoms with E-state index in [1.165, 1.54) is 0 Å². The maximum atomic E-state index is 12.4. The van der Waals surface area contributed by atoms with Crippen molar-refractivity contribution in [3.63, 3.8) is 0 Å². The van der Waals surface area contributed by atoms with E-state index in [0.717, 1.165) is 45.2 Å². The number of nitrogens with one attached hydrogen (secondary N) is 1. The largest absolute Gasteiger partial charge is 0.317 e. The second-order valence-corrected chi connectivity index (χ2v) is 4.95. The number of rotatable bonds is 5. The van der Waals surface area contributed by atoms with Crippen LogP contribution in [-0.2, 0) is 4.79 Å². The number of Topliss-reactive ketones (excluding diaryl/α,β-unsaturated/α-hetero) is 1. The highest BCUT2D eigenvalue weighted by atomic mass is 16.1. The van der Waals surface area contributed by atoms with E-state index in [1.807, 2.05) is 0 Å². The fourth-order valence-electron chi connectivity index (χ4n) is 2.71. The van der Waals surface area contributed by atoms with Gasteiger partial charge in [-0.3, -0.25) is 4.79 Å². The zero-order valence-electron chi connectivity index (χ0n) is 10.4. The predicted octanol–water partition coefficient (Wildman–Crippen LogP) is 2.77. The van der Waals surface area contributed by atoms with Gasteiger partial charge in [0, 0.05) is 11.3 Å². The summed E-state index contributed by atoms with van der Waals surface area (Å²) < 4.78 is 0. The summed E-state index contributed by atoms with van der Waals surface area (Å²) in [5.41, 5.74) is 0.00935. The number of carbonyl (C=O) groups excluding carboxylic acids is 1. The molecule has 1 fully saturated rings. The van der Waals surface area contributed by atoms with Crippen LogP contribution >= 0.6 is 0 Å². The average molecular weight is 211 g/mol. The van der Waals surface area contributed by atoms with Crippen molar-refractivity contribution >= 4 is 5.78 Å². The van der Waals surface area contributed by atoms with E-state index < -0.39 is 0 Å². The third-order valence-corrected chi connectivity index (χ3v) is 3.87. The van der Waals surface area contributed by atoms with Gasteiger partial charge in [0.1, 0.15) is 5.78 Å². The van der Waals surface area contributed by atoms with Gasteiger partial charge in [0.2, 0.25) is 0 Å². The lowest BCUT2D eigenvalue weighted by atomic mass is 9.68. The van der Waals surface area contributed by atoms with Gasteiger partial charge in [0.05, 0.1) is 0 Å². The highest BCUT2D eigenvalue weighted by Crippen LogP contribution is 2.37. The maximum absolute atomic E-state index is 12.4. The Morgan fingerprint density at radius 3 is 2.40 bits per heavy atom. The molecule has 1 heterocycles. The Labute approximate surface area is 93.8 Å². The fourth-order valence-corrected chi connectivity index (χ4v) is 2.71. The standard InChI is InChI=1S/C13H25NO/c1-4-6-13(7-9-14-10-8-13)12(15)11(3)5-2/h11,14H,4-10H2,1-3H3. The molecule has 1 N–H and O–H groups in total. The minimum Gasteiger partial charge on any atom is -0.317 e. The normalized spacial score (nSPS) is 22.3. The van der Waals surface area contributed by atoms with Crippen LogP contribution in [0.25, 0.3) is 0 Å². The van der Waals surface area contributed by atoms with Crippen LogP contribution in [-0.4, -0.2) is 18.9 Å². The topological polar surface area (TPSA) is 29.1 Å². The van der Waals surface area contributed by atoms with Crippen LogP contribution < -0.4 is 5.32 Å². The second-order valence-electron chi connectivity index (χ2n) is 4.95. The first-order chi connectivity index (χ1) is 7.16. The lowest BCUT2D eigenvalue weighted by molar-refractivity contribution is -0.134. The zero-order chi connectivity index (χ0) is 11.3. The summed E-state index contributed by atoms with van der Waals surface area (Å²) >= 11 is 0. The molecule has 1 aliphatic rings. The molecule has 0 bridgehead atoms. The van der Waals surface area contributed by atoms with Crippen LogP contribution in [0.4, 0.5) is 0 Å². The van der Waals surface area contributed by atoms with Crippen molar-refractivity contribution in [2.45, 2.75) is 52.9 Å². The fraction of sp³-hybridized carbons (Fsp3) is 0.923. The Morgan fingerprint density at radius 2 is 1.93 bits per heavy atom. The second kappa shape index (κ2) is 5.64. The van der Waals surface area contributed by atoms with E-state index in [4.69, 9.17) is 0 Å². The molecule has 1 unspecified atom stereocenters. The lowest BCUT2D eigenvalue weighted by Crippen LogP contribution is -2.44. The van der Waals surface area contributed by atoms with Crippen molar-refractivity contribution in [3.05, 3.63) is 0 Å². The zero-order valence-corrected chi connectivity index (χ0v) is 10.4. The Hall–Kier alpha value is -0.370. The summed E-state index contributed by atoms with van der Waals surface area (Å²) in [6.07, 6.45) is 5.28. The smallest absolute Gasteiger partial charge is 0.141 e. The van der Waals surface area contributed by atoms with E-state index in [9.17, 15) is 4.79 Å². The maximum Gasteiger partial charge on any atom is 0.141 e. The summed E-state index contributed by atoms with van der Waals surface area (Å²) in [5.74, 6) is 0.767. The van der Waals surface area contributed by atoms with E-state index in [0.29, 0.717) is 5.78 Å². The van der Waals surface area contributed by atoms with Gasteiger partial charge >= 0.3 is 0 Å². The Morgan fingerprint density at radius 1 is 1.33 bits per heavy atom. The number of hydrogen-bond acceptors (Lipinski definition) is 2. The Kier molecular flexibility index (Phi) is 4.78. The molecule has 2 heteroatoms. The molecule has 1 atom stereocenters. The van der Waals surface area contributed by atoms with Gasteiger partial charge in [-0.1, -0.05) is 27.2 Å². The summed E-state index contributed by atoms with van der Waals surface area (Å²) in [6, 6.07) is 0. The minimum atomic E-state index is 0.00935. The number of piperidine rings is 1. The van der Waals surface area contributed by atoms with Crippen LogP contribution in [0.3, 0.4) is 0 Å². The van der Waals surface area contributed by atoms with E-state index >= 15 is 0 Å². The van der Waals surface area contributed by atoms with Crippen molar-refractivity contribution < 1.29 is 4.79 Å². The van der Waals surface area contributed by atoms with Crippen molar-refractivity contribution in [3.8, 4) is 0 Å². The molecule has 2 nitrogen and oxygen atoms in total. The van der Waals surface area contributed by atoms with Gasteiger partial charge in [-0.25, -0.2) is 0 Å². The molecule has 0 aromatic carbocycles.